The number of hydrogen-bond acceptors (Lipinski definition) is 3. The van der Waals surface area contributed by atoms with Crippen LogP contribution in [0.25, 0.3) is 0 Å². The molecule has 1 aromatic rings. The van der Waals surface area contributed by atoms with Crippen molar-refractivity contribution in [1.29, 1.82) is 0 Å². The van der Waals surface area contributed by atoms with Crippen LogP contribution in [0, 0.1) is 3.57 Å². The fourth-order valence-electron chi connectivity index (χ4n) is 2.51. The molecule has 0 unspecified atom stereocenters. The summed E-state index contributed by atoms with van der Waals surface area (Å²) in [7, 11) is -3.64. The Morgan fingerprint density at radius 3 is 2.48 bits per heavy atom. The summed E-state index contributed by atoms with van der Waals surface area (Å²) < 4.78 is 26.7. The van der Waals surface area contributed by atoms with Gasteiger partial charge in [-0.3, -0.25) is 4.79 Å². The molecule has 0 atom stereocenters. The first kappa shape index (κ1) is 16.7. The number of amides is 1. The summed E-state index contributed by atoms with van der Waals surface area (Å²) in [5.41, 5.74) is 0.307. The topological polar surface area (TPSA) is 54.5 Å². The lowest BCUT2D eigenvalue weighted by Gasteiger charge is -2.14. The molecule has 0 bridgehead atoms. The van der Waals surface area contributed by atoms with Crippen LogP contribution in [-0.4, -0.2) is 25.2 Å². The minimum absolute atomic E-state index is 0.158. The van der Waals surface area contributed by atoms with Crippen molar-refractivity contribution in [1.82, 2.24) is 4.31 Å². The van der Waals surface area contributed by atoms with Gasteiger partial charge in [0, 0.05) is 10.1 Å². The zero-order valence-electron chi connectivity index (χ0n) is 12.1. The number of fused-ring (bicyclic) bond motifs is 1. The molecule has 0 saturated heterocycles. The fraction of sp³-hybridized carbons (Fsp3) is 0.533. The van der Waals surface area contributed by atoms with Gasteiger partial charge in [0.25, 0.3) is 15.9 Å². The number of halogens is 1. The third-order valence-electron chi connectivity index (χ3n) is 3.68. The van der Waals surface area contributed by atoms with E-state index in [1.165, 1.54) is 19.3 Å². The summed E-state index contributed by atoms with van der Waals surface area (Å²) in [6.45, 7) is 2.45. The van der Waals surface area contributed by atoms with Crippen molar-refractivity contribution < 1.29 is 13.2 Å². The maximum atomic E-state index is 12.4. The van der Waals surface area contributed by atoms with Crippen LogP contribution in [0.2, 0.25) is 0 Å². The molecule has 4 nitrogen and oxygen atoms in total. The molecule has 116 valence electrons. The number of benzene rings is 1. The first-order valence-corrected chi connectivity index (χ1v) is 9.87. The highest BCUT2D eigenvalue weighted by Gasteiger charge is 2.40. The monoisotopic (exact) mass is 421 g/mol. The Morgan fingerprint density at radius 2 is 1.76 bits per heavy atom. The molecule has 1 aliphatic rings. The average molecular weight is 421 g/mol. The van der Waals surface area contributed by atoms with Crippen LogP contribution >= 0.6 is 22.6 Å². The van der Waals surface area contributed by atoms with E-state index in [2.05, 4.69) is 29.5 Å². The van der Waals surface area contributed by atoms with Gasteiger partial charge in [0.05, 0.1) is 5.56 Å². The molecule has 21 heavy (non-hydrogen) atoms. The molecule has 1 amide bonds. The molecule has 0 aromatic heterocycles. The number of unbranched alkanes of at least 4 members (excludes halogenated alkanes) is 5. The van der Waals surface area contributed by atoms with Crippen LogP contribution in [0.3, 0.4) is 0 Å². The molecule has 6 heteroatoms. The largest absolute Gasteiger partial charge is 0.269 e. The van der Waals surface area contributed by atoms with Crippen molar-refractivity contribution in [2.75, 3.05) is 6.54 Å². The van der Waals surface area contributed by atoms with Gasteiger partial charge in [0.15, 0.2) is 0 Å². The Labute approximate surface area is 140 Å². The molecule has 0 saturated carbocycles. The zero-order chi connectivity index (χ0) is 15.5. The summed E-state index contributed by atoms with van der Waals surface area (Å²) in [6.07, 6.45) is 6.38. The smallest absolute Gasteiger partial charge is 0.268 e. The number of nitrogens with zero attached hydrogens (tertiary/aromatic N) is 1. The minimum atomic E-state index is -3.64. The predicted molar refractivity (Wildman–Crippen MR) is 90.8 cm³/mol. The second-order valence-corrected chi connectivity index (χ2v) is 8.37. The number of hydrogen-bond donors (Lipinski definition) is 0. The lowest BCUT2D eigenvalue weighted by molar-refractivity contribution is 0.0869. The van der Waals surface area contributed by atoms with Crippen LogP contribution in [0.4, 0.5) is 0 Å². The summed E-state index contributed by atoms with van der Waals surface area (Å²) >= 11 is 2.06. The number of sulfonamides is 1. The predicted octanol–water partition coefficient (Wildman–Crippen LogP) is 3.80. The molecular formula is C15H20INO3S. The highest BCUT2D eigenvalue weighted by Crippen LogP contribution is 2.31. The van der Waals surface area contributed by atoms with Gasteiger partial charge in [-0.15, -0.1) is 0 Å². The van der Waals surface area contributed by atoms with Gasteiger partial charge in [0.2, 0.25) is 0 Å². The van der Waals surface area contributed by atoms with Crippen LogP contribution < -0.4 is 0 Å². The van der Waals surface area contributed by atoms with Crippen molar-refractivity contribution in [2.45, 2.75) is 50.3 Å². The maximum absolute atomic E-state index is 12.4. The van der Waals surface area contributed by atoms with E-state index < -0.39 is 10.0 Å². The van der Waals surface area contributed by atoms with Gasteiger partial charge in [-0.25, -0.2) is 12.7 Å². The first-order chi connectivity index (χ1) is 9.98. The van der Waals surface area contributed by atoms with Crippen LogP contribution in [-0.2, 0) is 10.0 Å². The third-order valence-corrected chi connectivity index (χ3v) is 6.18. The van der Waals surface area contributed by atoms with E-state index >= 15 is 0 Å². The molecule has 0 fully saturated rings. The maximum Gasteiger partial charge on any atom is 0.269 e. The van der Waals surface area contributed by atoms with Gasteiger partial charge < -0.3 is 0 Å². The second-order valence-electron chi connectivity index (χ2n) is 5.29. The molecule has 1 aliphatic heterocycles. The van der Waals surface area contributed by atoms with E-state index in [-0.39, 0.29) is 10.8 Å². The normalized spacial score (nSPS) is 16.3. The Morgan fingerprint density at radius 1 is 1.10 bits per heavy atom. The van der Waals surface area contributed by atoms with Gasteiger partial charge in [-0.05, 0) is 47.2 Å². The Balaban J connectivity index is 2.01. The van der Waals surface area contributed by atoms with Crippen molar-refractivity contribution in [3.05, 3.63) is 27.3 Å². The molecule has 1 aromatic carbocycles. The molecule has 0 radical (unpaired) electrons. The van der Waals surface area contributed by atoms with E-state index in [1.54, 1.807) is 18.2 Å². The molecule has 0 spiro atoms. The molecule has 1 heterocycles. The molecule has 0 N–H and O–H groups in total. The first-order valence-electron chi connectivity index (χ1n) is 7.35. The lowest BCUT2D eigenvalue weighted by atomic mass is 10.1. The Bertz CT molecular complexity index is 628. The van der Waals surface area contributed by atoms with Gasteiger partial charge in [0.1, 0.15) is 4.90 Å². The lowest BCUT2D eigenvalue weighted by Crippen LogP contribution is -2.30. The number of carbonyl (C=O) groups is 1. The molecular weight excluding hydrogens is 401 g/mol. The van der Waals surface area contributed by atoms with Crippen molar-refractivity contribution in [3.63, 3.8) is 0 Å². The van der Waals surface area contributed by atoms with Crippen LogP contribution in [0.15, 0.2) is 23.1 Å². The summed E-state index contributed by atoms with van der Waals surface area (Å²) in [5, 5.41) is 0. The van der Waals surface area contributed by atoms with Crippen LogP contribution in [0.1, 0.15) is 55.8 Å². The third kappa shape index (κ3) is 3.59. The number of carbonyl (C=O) groups excluding carboxylic acids is 1. The van der Waals surface area contributed by atoms with E-state index in [1.807, 2.05) is 0 Å². The summed E-state index contributed by atoms with van der Waals surface area (Å²) in [4.78, 5) is 12.4. The zero-order valence-corrected chi connectivity index (χ0v) is 15.1. The average Bonchev–Trinajstić information content (AvgIpc) is 2.62. The highest BCUT2D eigenvalue weighted by molar-refractivity contribution is 14.1. The van der Waals surface area contributed by atoms with Gasteiger partial charge in [-0.2, -0.15) is 0 Å². The number of rotatable bonds is 7. The standard InChI is InChI=1S/C15H20INO3S/c1-2-3-4-5-6-7-10-17-15(18)13-9-8-12(16)11-14(13)21(17,19)20/h8-9,11H,2-7,10H2,1H3. The Hall–Kier alpha value is -0.630. The quantitative estimate of drug-likeness (QED) is 0.497. The fourth-order valence-corrected chi connectivity index (χ4v) is 4.84. The minimum Gasteiger partial charge on any atom is -0.268 e. The Kier molecular flexibility index (Phi) is 5.65. The summed E-state index contributed by atoms with van der Waals surface area (Å²) in [6, 6.07) is 4.95. The van der Waals surface area contributed by atoms with Crippen molar-refractivity contribution >= 4 is 38.5 Å². The second kappa shape index (κ2) is 7.09. The van der Waals surface area contributed by atoms with E-state index in [4.69, 9.17) is 0 Å². The van der Waals surface area contributed by atoms with Gasteiger partial charge >= 0.3 is 0 Å². The van der Waals surface area contributed by atoms with Crippen molar-refractivity contribution in [2.24, 2.45) is 0 Å². The highest BCUT2D eigenvalue weighted by atomic mass is 127. The van der Waals surface area contributed by atoms with Crippen LogP contribution in [0.5, 0.6) is 0 Å². The molecule has 0 aliphatic carbocycles. The van der Waals surface area contributed by atoms with E-state index in [0.29, 0.717) is 12.1 Å². The molecule has 2 rings (SSSR count). The van der Waals surface area contributed by atoms with E-state index in [0.717, 1.165) is 27.1 Å². The van der Waals surface area contributed by atoms with Gasteiger partial charge in [-0.1, -0.05) is 39.0 Å². The summed E-state index contributed by atoms with van der Waals surface area (Å²) in [5.74, 6) is -0.380. The van der Waals surface area contributed by atoms with E-state index in [9.17, 15) is 13.2 Å². The SMILES string of the molecule is CCCCCCCCN1C(=O)c2ccc(I)cc2S1(=O)=O. The van der Waals surface area contributed by atoms with Crippen molar-refractivity contribution in [3.8, 4) is 0 Å².